The first kappa shape index (κ1) is 12.6. The van der Waals surface area contributed by atoms with E-state index in [2.05, 4.69) is 15.0 Å². The number of methoxy groups -OCH3 is 1. The van der Waals surface area contributed by atoms with Crippen LogP contribution in [0.25, 0.3) is 11.4 Å². The third kappa shape index (κ3) is 2.87. The van der Waals surface area contributed by atoms with Crippen molar-refractivity contribution < 1.29 is 9.47 Å². The summed E-state index contributed by atoms with van der Waals surface area (Å²) >= 11 is 5.83. The van der Waals surface area contributed by atoms with Crippen molar-refractivity contribution >= 4 is 11.6 Å². The smallest absolute Gasteiger partial charge is 0.321 e. The largest absolute Gasteiger partial charge is 0.497 e. The number of benzene rings is 1. The predicted molar refractivity (Wildman–Crippen MR) is 68.0 cm³/mol. The summed E-state index contributed by atoms with van der Waals surface area (Å²) in [4.78, 5) is 12.1. The quantitative estimate of drug-likeness (QED) is 0.850. The van der Waals surface area contributed by atoms with Crippen LogP contribution in [-0.4, -0.2) is 28.7 Å². The molecule has 0 unspecified atom stereocenters. The molecule has 0 aliphatic carbocycles. The van der Waals surface area contributed by atoms with Gasteiger partial charge in [0.25, 0.3) is 0 Å². The van der Waals surface area contributed by atoms with Gasteiger partial charge in [0.2, 0.25) is 5.28 Å². The standard InChI is InChI=1S/C12H12ClN3O2/c1-3-18-12-15-10(14-11(13)16-12)8-4-6-9(17-2)7-5-8/h4-7H,3H2,1-2H3. The summed E-state index contributed by atoms with van der Waals surface area (Å²) in [5.74, 6) is 1.24. The molecule has 1 aromatic carbocycles. The molecule has 0 amide bonds. The molecule has 0 atom stereocenters. The average Bonchev–Trinajstić information content (AvgIpc) is 2.38. The molecule has 0 fully saturated rings. The molecule has 1 aromatic heterocycles. The van der Waals surface area contributed by atoms with E-state index >= 15 is 0 Å². The van der Waals surface area contributed by atoms with Crippen molar-refractivity contribution in [3.63, 3.8) is 0 Å². The molecule has 2 aromatic rings. The Labute approximate surface area is 110 Å². The van der Waals surface area contributed by atoms with Gasteiger partial charge in [-0.3, -0.25) is 0 Å². The van der Waals surface area contributed by atoms with Crippen molar-refractivity contribution in [2.45, 2.75) is 6.92 Å². The van der Waals surface area contributed by atoms with E-state index in [1.54, 1.807) is 7.11 Å². The van der Waals surface area contributed by atoms with Crippen LogP contribution < -0.4 is 9.47 Å². The first-order valence-corrected chi connectivity index (χ1v) is 5.79. The monoisotopic (exact) mass is 265 g/mol. The normalized spacial score (nSPS) is 10.2. The molecule has 94 valence electrons. The van der Waals surface area contributed by atoms with Crippen molar-refractivity contribution in [1.29, 1.82) is 0 Å². The molecular weight excluding hydrogens is 254 g/mol. The van der Waals surface area contributed by atoms with Crippen LogP contribution in [0, 0.1) is 0 Å². The molecule has 18 heavy (non-hydrogen) atoms. The van der Waals surface area contributed by atoms with E-state index in [0.29, 0.717) is 12.4 Å². The number of halogens is 1. The molecule has 0 saturated heterocycles. The molecule has 0 bridgehead atoms. The molecule has 0 aliphatic rings. The van der Waals surface area contributed by atoms with Gasteiger partial charge in [0.1, 0.15) is 5.75 Å². The maximum absolute atomic E-state index is 5.83. The second kappa shape index (κ2) is 5.64. The van der Waals surface area contributed by atoms with Gasteiger partial charge in [-0.25, -0.2) is 0 Å². The molecule has 2 rings (SSSR count). The number of nitrogens with zero attached hydrogens (tertiary/aromatic N) is 3. The topological polar surface area (TPSA) is 57.1 Å². The van der Waals surface area contributed by atoms with E-state index in [1.807, 2.05) is 31.2 Å². The highest BCUT2D eigenvalue weighted by Crippen LogP contribution is 2.21. The van der Waals surface area contributed by atoms with E-state index in [0.717, 1.165) is 11.3 Å². The Morgan fingerprint density at radius 3 is 2.44 bits per heavy atom. The highest BCUT2D eigenvalue weighted by molar-refractivity contribution is 6.28. The summed E-state index contributed by atoms with van der Waals surface area (Å²) in [5.41, 5.74) is 0.820. The number of rotatable bonds is 4. The van der Waals surface area contributed by atoms with Crippen LogP contribution in [0.15, 0.2) is 24.3 Å². The third-order valence-corrected chi connectivity index (χ3v) is 2.38. The van der Waals surface area contributed by atoms with Gasteiger partial charge in [0.15, 0.2) is 5.82 Å². The summed E-state index contributed by atoms with van der Waals surface area (Å²) in [6, 6.07) is 7.57. The average molecular weight is 266 g/mol. The Morgan fingerprint density at radius 2 is 1.83 bits per heavy atom. The zero-order valence-corrected chi connectivity index (χ0v) is 10.8. The fourth-order valence-corrected chi connectivity index (χ4v) is 1.55. The van der Waals surface area contributed by atoms with E-state index in [-0.39, 0.29) is 11.3 Å². The van der Waals surface area contributed by atoms with E-state index < -0.39 is 0 Å². The number of ether oxygens (including phenoxy) is 2. The van der Waals surface area contributed by atoms with Crippen molar-refractivity contribution in [3.8, 4) is 23.1 Å². The van der Waals surface area contributed by atoms with Crippen LogP contribution in [0.4, 0.5) is 0 Å². The summed E-state index contributed by atoms with van der Waals surface area (Å²) < 4.78 is 10.3. The van der Waals surface area contributed by atoms with E-state index in [4.69, 9.17) is 21.1 Å². The first-order chi connectivity index (χ1) is 8.72. The molecular formula is C12H12ClN3O2. The summed E-state index contributed by atoms with van der Waals surface area (Å²) in [5, 5.41) is 0.110. The Balaban J connectivity index is 2.36. The van der Waals surface area contributed by atoms with Crippen LogP contribution in [0.5, 0.6) is 11.8 Å². The molecule has 6 heteroatoms. The Bertz CT molecular complexity index is 531. The molecule has 1 heterocycles. The highest BCUT2D eigenvalue weighted by atomic mass is 35.5. The molecule has 0 spiro atoms. The van der Waals surface area contributed by atoms with Crippen LogP contribution in [0.1, 0.15) is 6.92 Å². The van der Waals surface area contributed by atoms with Gasteiger partial charge in [0.05, 0.1) is 13.7 Å². The lowest BCUT2D eigenvalue weighted by Gasteiger charge is -2.05. The summed E-state index contributed by atoms with van der Waals surface area (Å²) in [6.45, 7) is 2.33. The highest BCUT2D eigenvalue weighted by Gasteiger charge is 2.08. The maximum Gasteiger partial charge on any atom is 0.321 e. The van der Waals surface area contributed by atoms with E-state index in [9.17, 15) is 0 Å². The van der Waals surface area contributed by atoms with Gasteiger partial charge in [-0.05, 0) is 42.8 Å². The lowest BCUT2D eigenvalue weighted by molar-refractivity contribution is 0.312. The van der Waals surface area contributed by atoms with Crippen LogP contribution >= 0.6 is 11.6 Å². The summed E-state index contributed by atoms with van der Waals surface area (Å²) in [7, 11) is 1.61. The van der Waals surface area contributed by atoms with Crippen LogP contribution in [-0.2, 0) is 0 Å². The maximum atomic E-state index is 5.83. The van der Waals surface area contributed by atoms with Gasteiger partial charge in [0, 0.05) is 5.56 Å². The lowest BCUT2D eigenvalue weighted by atomic mass is 10.2. The number of aromatic nitrogens is 3. The van der Waals surface area contributed by atoms with Gasteiger partial charge in [-0.15, -0.1) is 0 Å². The third-order valence-electron chi connectivity index (χ3n) is 2.21. The fraction of sp³-hybridized carbons (Fsp3) is 0.250. The molecule has 0 radical (unpaired) electrons. The SMILES string of the molecule is CCOc1nc(Cl)nc(-c2ccc(OC)cc2)n1. The fourth-order valence-electron chi connectivity index (χ4n) is 1.39. The van der Waals surface area contributed by atoms with Gasteiger partial charge >= 0.3 is 6.01 Å². The molecule has 0 N–H and O–H groups in total. The predicted octanol–water partition coefficient (Wildman–Crippen LogP) is 2.60. The summed E-state index contributed by atoms with van der Waals surface area (Å²) in [6.07, 6.45) is 0. The number of hydrogen-bond acceptors (Lipinski definition) is 5. The minimum atomic E-state index is 0.110. The zero-order chi connectivity index (χ0) is 13.0. The van der Waals surface area contributed by atoms with Crippen molar-refractivity contribution in [2.24, 2.45) is 0 Å². The number of hydrogen-bond donors (Lipinski definition) is 0. The minimum absolute atomic E-state index is 0.110. The Hall–Kier alpha value is -1.88. The van der Waals surface area contributed by atoms with E-state index in [1.165, 1.54) is 0 Å². The zero-order valence-electron chi connectivity index (χ0n) is 10.1. The van der Waals surface area contributed by atoms with Gasteiger partial charge < -0.3 is 9.47 Å². The van der Waals surface area contributed by atoms with Gasteiger partial charge in [-0.1, -0.05) is 0 Å². The Kier molecular flexibility index (Phi) is 3.94. The molecule has 0 saturated carbocycles. The Morgan fingerprint density at radius 1 is 1.11 bits per heavy atom. The lowest BCUT2D eigenvalue weighted by Crippen LogP contribution is -2.01. The molecule has 5 nitrogen and oxygen atoms in total. The first-order valence-electron chi connectivity index (χ1n) is 5.41. The van der Waals surface area contributed by atoms with Crippen molar-refractivity contribution in [1.82, 2.24) is 15.0 Å². The minimum Gasteiger partial charge on any atom is -0.497 e. The van der Waals surface area contributed by atoms with Crippen LogP contribution in [0.3, 0.4) is 0 Å². The molecule has 0 aliphatic heterocycles. The van der Waals surface area contributed by atoms with Crippen molar-refractivity contribution in [2.75, 3.05) is 13.7 Å². The second-order valence-electron chi connectivity index (χ2n) is 3.37. The van der Waals surface area contributed by atoms with Crippen molar-refractivity contribution in [3.05, 3.63) is 29.5 Å². The van der Waals surface area contributed by atoms with Gasteiger partial charge in [-0.2, -0.15) is 15.0 Å². The second-order valence-corrected chi connectivity index (χ2v) is 3.71. The van der Waals surface area contributed by atoms with Crippen LogP contribution in [0.2, 0.25) is 5.28 Å².